The molecule has 0 bridgehead atoms. The van der Waals surface area contributed by atoms with Crippen LogP contribution in [-0.2, 0) is 0 Å². The first kappa shape index (κ1) is 27.9. The van der Waals surface area contributed by atoms with E-state index in [1.807, 2.05) is 0 Å². The monoisotopic (exact) mass is 661 g/mol. The fourth-order valence-electron chi connectivity index (χ4n) is 10.6. The van der Waals surface area contributed by atoms with E-state index in [0.29, 0.717) is 0 Å². The predicted molar refractivity (Wildman–Crippen MR) is 219 cm³/mol. The summed E-state index contributed by atoms with van der Waals surface area (Å²) in [6.07, 6.45) is 0. The maximum absolute atomic E-state index is 2.73. The van der Waals surface area contributed by atoms with Gasteiger partial charge in [-0.2, -0.15) is 0 Å². The van der Waals surface area contributed by atoms with Gasteiger partial charge in [0.1, 0.15) is 0 Å². The first-order valence-corrected chi connectivity index (χ1v) is 20.2. The molecular weight excluding hydrogens is 629 g/mol. The maximum atomic E-state index is 2.73. The highest BCUT2D eigenvalue weighted by Gasteiger charge is 2.53. The molecule has 3 heteroatoms. The molecule has 0 N–H and O–H groups in total. The third-order valence-corrected chi connectivity index (χ3v) is 17.3. The number of rotatable bonds is 2. The zero-order valence-electron chi connectivity index (χ0n) is 28.3. The largest absolute Gasteiger partial charge is 0.375 e. The highest BCUT2D eigenvalue weighted by Crippen LogP contribution is 2.45. The molecule has 0 aliphatic carbocycles. The Morgan fingerprint density at radius 1 is 0.529 bits per heavy atom. The summed E-state index contributed by atoms with van der Waals surface area (Å²) in [6, 6.07) is 65.5. The van der Waals surface area contributed by atoms with Gasteiger partial charge in [-0.15, -0.1) is 0 Å². The van der Waals surface area contributed by atoms with Crippen LogP contribution in [0.2, 0.25) is 0 Å². The van der Waals surface area contributed by atoms with Gasteiger partial charge in [-0.25, -0.2) is 0 Å². The predicted octanol–water partition coefficient (Wildman–Crippen LogP) is 7.07. The molecule has 51 heavy (non-hydrogen) atoms. The Morgan fingerprint density at radius 3 is 1.98 bits per heavy atom. The Morgan fingerprint density at radius 2 is 1.20 bits per heavy atom. The van der Waals surface area contributed by atoms with Crippen molar-refractivity contribution in [1.29, 1.82) is 0 Å². The van der Waals surface area contributed by atoms with E-state index in [1.165, 1.54) is 97.6 Å². The van der Waals surface area contributed by atoms with Crippen LogP contribution in [0.3, 0.4) is 0 Å². The number of para-hydroxylation sites is 1. The zero-order valence-corrected chi connectivity index (χ0v) is 29.3. The summed E-state index contributed by atoms with van der Waals surface area (Å²) in [5, 5.41) is 11.2. The van der Waals surface area contributed by atoms with Gasteiger partial charge >= 0.3 is 6.85 Å². The second kappa shape index (κ2) is 9.87. The topological polar surface area (TPSA) is 4.93 Å². The molecule has 0 spiro atoms. The van der Waals surface area contributed by atoms with E-state index in [-0.39, 0.29) is 12.8 Å². The lowest BCUT2D eigenvalue weighted by atomic mass is 9.41. The second-order valence-corrected chi connectivity index (χ2v) is 18.5. The Kier molecular flexibility index (Phi) is 5.39. The van der Waals surface area contributed by atoms with Gasteiger partial charge in [0.2, 0.25) is 0 Å². The van der Waals surface area contributed by atoms with Crippen LogP contribution in [0.25, 0.3) is 43.7 Å². The van der Waals surface area contributed by atoms with Crippen molar-refractivity contribution in [3.05, 3.63) is 192 Å². The van der Waals surface area contributed by atoms with E-state index in [4.69, 9.17) is 0 Å². The average molecular weight is 662 g/mol. The Balaban J connectivity index is 1.29. The Labute approximate surface area is 298 Å². The van der Waals surface area contributed by atoms with Gasteiger partial charge in [0.25, 0.3) is 0 Å². The highest BCUT2D eigenvalue weighted by atomic mass is 28.3. The van der Waals surface area contributed by atoms with Gasteiger partial charge in [0.05, 0.1) is 0 Å². The van der Waals surface area contributed by atoms with E-state index < -0.39 is 8.07 Å². The first-order chi connectivity index (χ1) is 25.2. The maximum Gasteiger partial charge on any atom is 0.329 e. The molecule has 1 nitrogen and oxygen atoms in total. The molecule has 0 radical (unpaired) electrons. The molecule has 1 unspecified atom stereocenters. The minimum absolute atomic E-state index is 0.0707. The molecule has 236 valence electrons. The number of fused-ring (bicyclic) bond motifs is 10. The van der Waals surface area contributed by atoms with Crippen molar-refractivity contribution in [3.63, 3.8) is 0 Å². The van der Waals surface area contributed by atoms with Crippen molar-refractivity contribution in [2.75, 3.05) is 0 Å². The van der Waals surface area contributed by atoms with E-state index >= 15 is 0 Å². The molecular formula is C48H32BNSi. The lowest BCUT2D eigenvalue weighted by Crippen LogP contribution is -2.79. The summed E-state index contributed by atoms with van der Waals surface area (Å²) in [4.78, 5) is 0. The number of hydrogen-bond acceptors (Lipinski definition) is 0. The van der Waals surface area contributed by atoms with Gasteiger partial charge in [-0.1, -0.05) is 163 Å². The number of hydrogen-bond donors (Lipinski definition) is 0. The van der Waals surface area contributed by atoms with Gasteiger partial charge in [0, 0.05) is 33.3 Å². The molecule has 0 saturated carbocycles. The number of aryl methyl sites for hydroxylation is 1. The number of benzene rings is 8. The van der Waals surface area contributed by atoms with Crippen LogP contribution in [0.5, 0.6) is 0 Å². The standard InChI is InChI=1S/C48H32BNSi/c1-30-26-39-36-22-12-21-35-38-28-31-14-8-9-15-32(31)29-42(38)50(48(35)36)49-41-23-13-25-44-46(41)45(40(27-30)47(39)49)37-20-10-11-24-43(37)51(44,33-16-4-2-5-17-33)34-18-6-3-7-19-34/h2-29,45H,1H3. The van der Waals surface area contributed by atoms with Crippen molar-refractivity contribution < 1.29 is 0 Å². The molecule has 3 aliphatic rings. The van der Waals surface area contributed by atoms with Crippen LogP contribution in [-0.4, -0.2) is 19.4 Å². The normalized spacial score (nSPS) is 15.9. The van der Waals surface area contributed by atoms with Crippen molar-refractivity contribution >= 4 is 79.2 Å². The number of nitrogens with zero attached hydrogens (tertiary/aromatic N) is 1. The molecule has 0 amide bonds. The van der Waals surface area contributed by atoms with Gasteiger partial charge in [-0.05, 0) is 83.8 Å². The van der Waals surface area contributed by atoms with E-state index in [9.17, 15) is 0 Å². The van der Waals surface area contributed by atoms with Crippen LogP contribution >= 0.6 is 0 Å². The van der Waals surface area contributed by atoms with Crippen molar-refractivity contribution in [2.24, 2.45) is 0 Å². The average Bonchev–Trinajstić information content (AvgIpc) is 3.50. The van der Waals surface area contributed by atoms with Gasteiger partial charge in [0.15, 0.2) is 8.07 Å². The minimum Gasteiger partial charge on any atom is -0.375 e. The number of aromatic nitrogens is 1. The van der Waals surface area contributed by atoms with E-state index in [1.54, 1.807) is 0 Å². The van der Waals surface area contributed by atoms with E-state index in [0.717, 1.165) is 0 Å². The summed E-state index contributed by atoms with van der Waals surface area (Å²) in [5.74, 6) is 0.161. The van der Waals surface area contributed by atoms with E-state index in [2.05, 4.69) is 181 Å². The molecule has 8 aromatic carbocycles. The smallest absolute Gasteiger partial charge is 0.329 e. The van der Waals surface area contributed by atoms with Crippen molar-refractivity contribution in [2.45, 2.75) is 12.8 Å². The summed E-state index contributed by atoms with van der Waals surface area (Å²) < 4.78 is 2.73. The molecule has 1 aromatic heterocycles. The molecule has 3 aliphatic heterocycles. The highest BCUT2D eigenvalue weighted by molar-refractivity contribution is 7.20. The quantitative estimate of drug-likeness (QED) is 0.175. The molecule has 12 rings (SSSR count). The van der Waals surface area contributed by atoms with Crippen LogP contribution in [0.15, 0.2) is 170 Å². The third kappa shape index (κ3) is 3.38. The summed E-state index contributed by atoms with van der Waals surface area (Å²) >= 11 is 0. The lowest BCUT2D eigenvalue weighted by molar-refractivity contribution is 0.985. The fourth-order valence-corrected chi connectivity index (χ4v) is 15.9. The summed E-state index contributed by atoms with van der Waals surface area (Å²) in [7, 11) is -2.72. The minimum atomic E-state index is -2.72. The van der Waals surface area contributed by atoms with Crippen LogP contribution < -0.4 is 31.7 Å². The Hall–Kier alpha value is -5.90. The van der Waals surface area contributed by atoms with Crippen LogP contribution in [0.1, 0.15) is 28.2 Å². The SMILES string of the molecule is Cc1cc2c3c(c1)C1c4ccccc4[Si](c4ccccc4)(c4ccccc4)c4cccc(c41)B3n1c3cc4ccccc4cc3c3cccc-2c31. The van der Waals surface area contributed by atoms with Crippen LogP contribution in [0, 0.1) is 6.92 Å². The van der Waals surface area contributed by atoms with Crippen molar-refractivity contribution in [1.82, 2.24) is 4.48 Å². The second-order valence-electron chi connectivity index (χ2n) is 14.8. The third-order valence-electron chi connectivity index (χ3n) is 12.4. The molecule has 0 fully saturated rings. The fraction of sp³-hybridized carbons (Fsp3) is 0.0417. The van der Waals surface area contributed by atoms with Gasteiger partial charge in [-0.3, -0.25) is 0 Å². The first-order valence-electron chi connectivity index (χ1n) is 18.2. The summed E-state index contributed by atoms with van der Waals surface area (Å²) in [5.41, 5.74) is 14.2. The van der Waals surface area contributed by atoms with Gasteiger partial charge < -0.3 is 4.48 Å². The molecule has 1 atom stereocenters. The Bertz CT molecular complexity index is 2900. The van der Waals surface area contributed by atoms with Crippen molar-refractivity contribution in [3.8, 4) is 11.1 Å². The lowest BCUT2D eigenvalue weighted by Gasteiger charge is -2.48. The molecule has 4 heterocycles. The van der Waals surface area contributed by atoms with Crippen LogP contribution in [0.4, 0.5) is 0 Å². The summed E-state index contributed by atoms with van der Waals surface area (Å²) in [6.45, 7) is 2.37. The zero-order chi connectivity index (χ0) is 33.4. The molecule has 0 saturated heterocycles. The molecule has 9 aromatic rings.